The number of hydrogen-bond donors (Lipinski definition) is 1. The molecule has 0 saturated carbocycles. The van der Waals surface area contributed by atoms with Crippen molar-refractivity contribution in [1.82, 2.24) is 14.8 Å². The molecule has 0 aliphatic heterocycles. The monoisotopic (exact) mass is 307 g/mol. The second kappa shape index (κ2) is 4.21. The molecule has 2 heterocycles. The molecule has 0 aliphatic rings. The number of hydrogen-bond acceptors (Lipinski definition) is 4. The Labute approximate surface area is 104 Å². The third kappa shape index (κ3) is 2.08. The van der Waals surface area contributed by atoms with Gasteiger partial charge in [0, 0.05) is 7.05 Å². The molecule has 1 unspecified atom stereocenters. The Kier molecular flexibility index (Phi) is 3.11. The average Bonchev–Trinajstić information content (AvgIpc) is 2.73. The van der Waals surface area contributed by atoms with E-state index < -0.39 is 6.10 Å². The first-order valence-corrected chi connectivity index (χ1v) is 6.05. The van der Waals surface area contributed by atoms with Crippen LogP contribution in [0.15, 0.2) is 16.9 Å². The van der Waals surface area contributed by atoms with Gasteiger partial charge in [0.1, 0.15) is 15.4 Å². The van der Waals surface area contributed by atoms with E-state index in [4.69, 9.17) is 11.6 Å². The molecule has 15 heavy (non-hydrogen) atoms. The zero-order valence-electron chi connectivity index (χ0n) is 7.69. The number of halogens is 2. The third-order valence-corrected chi connectivity index (χ3v) is 3.70. The van der Waals surface area contributed by atoms with E-state index in [0.717, 1.165) is 4.47 Å². The van der Waals surface area contributed by atoms with Gasteiger partial charge in [-0.2, -0.15) is 5.10 Å². The van der Waals surface area contributed by atoms with E-state index in [1.165, 1.54) is 17.5 Å². The molecule has 0 aliphatic carbocycles. The lowest BCUT2D eigenvalue weighted by Crippen LogP contribution is -2.06. The summed E-state index contributed by atoms with van der Waals surface area (Å²) in [6, 6.07) is 0. The fourth-order valence-corrected chi connectivity index (χ4v) is 2.72. The van der Waals surface area contributed by atoms with Crippen molar-refractivity contribution in [3.05, 3.63) is 31.9 Å². The zero-order valence-corrected chi connectivity index (χ0v) is 10.8. The van der Waals surface area contributed by atoms with Crippen molar-refractivity contribution in [2.75, 3.05) is 0 Å². The van der Waals surface area contributed by atoms with Gasteiger partial charge in [0.2, 0.25) is 0 Å². The van der Waals surface area contributed by atoms with Crippen molar-refractivity contribution in [3.8, 4) is 0 Å². The van der Waals surface area contributed by atoms with E-state index in [2.05, 4.69) is 26.0 Å². The van der Waals surface area contributed by atoms with Crippen LogP contribution >= 0.6 is 38.9 Å². The second-order valence-electron chi connectivity index (χ2n) is 2.91. The lowest BCUT2D eigenvalue weighted by atomic mass is 10.2. The Balaban J connectivity index is 2.40. The Morgan fingerprint density at radius 2 is 2.33 bits per heavy atom. The summed E-state index contributed by atoms with van der Waals surface area (Å²) in [6.45, 7) is 0. The highest BCUT2D eigenvalue weighted by atomic mass is 79.9. The minimum Gasteiger partial charge on any atom is -0.379 e. The standard InChI is InChI=1S/C8H7BrClN3OS/c1-13-6(4(9)2-12-13)7(14)8-11-3-5(10)15-8/h2-3,7,14H,1H3. The van der Waals surface area contributed by atoms with Crippen molar-refractivity contribution in [3.63, 3.8) is 0 Å². The van der Waals surface area contributed by atoms with E-state index in [-0.39, 0.29) is 0 Å². The second-order valence-corrected chi connectivity index (χ2v) is 5.45. The topological polar surface area (TPSA) is 50.9 Å². The van der Waals surface area contributed by atoms with Crippen molar-refractivity contribution < 1.29 is 5.11 Å². The summed E-state index contributed by atoms with van der Waals surface area (Å²) in [5.74, 6) is 0. The summed E-state index contributed by atoms with van der Waals surface area (Å²) >= 11 is 10.3. The fourth-order valence-electron chi connectivity index (χ4n) is 1.24. The Bertz CT molecular complexity index is 464. The van der Waals surface area contributed by atoms with Gasteiger partial charge in [0.05, 0.1) is 22.6 Å². The van der Waals surface area contributed by atoms with Gasteiger partial charge in [-0.05, 0) is 15.9 Å². The van der Waals surface area contributed by atoms with Gasteiger partial charge in [-0.3, -0.25) is 4.68 Å². The van der Waals surface area contributed by atoms with Crippen molar-refractivity contribution in [2.24, 2.45) is 7.05 Å². The number of aryl methyl sites for hydroxylation is 1. The van der Waals surface area contributed by atoms with Crippen LogP contribution in [0.25, 0.3) is 0 Å². The van der Waals surface area contributed by atoms with Crippen LogP contribution in [-0.4, -0.2) is 19.9 Å². The van der Waals surface area contributed by atoms with Crippen LogP contribution in [0.4, 0.5) is 0 Å². The van der Waals surface area contributed by atoms with Gasteiger partial charge >= 0.3 is 0 Å². The third-order valence-electron chi connectivity index (χ3n) is 1.93. The SMILES string of the molecule is Cn1ncc(Br)c1C(O)c1ncc(Cl)s1. The van der Waals surface area contributed by atoms with Gasteiger partial charge in [-0.15, -0.1) is 11.3 Å². The van der Waals surface area contributed by atoms with Crippen LogP contribution in [0.3, 0.4) is 0 Å². The quantitative estimate of drug-likeness (QED) is 0.926. The van der Waals surface area contributed by atoms with Crippen LogP contribution in [0.2, 0.25) is 4.34 Å². The molecular formula is C8H7BrClN3OS. The molecule has 0 spiro atoms. The number of aromatic nitrogens is 3. The fraction of sp³-hybridized carbons (Fsp3) is 0.250. The van der Waals surface area contributed by atoms with Crippen LogP contribution < -0.4 is 0 Å². The molecule has 0 amide bonds. The molecule has 2 aromatic heterocycles. The predicted molar refractivity (Wildman–Crippen MR) is 62.1 cm³/mol. The summed E-state index contributed by atoms with van der Waals surface area (Å²) in [5.41, 5.74) is 0.668. The van der Waals surface area contributed by atoms with Crippen LogP contribution in [0.5, 0.6) is 0 Å². The van der Waals surface area contributed by atoms with E-state index in [1.807, 2.05) is 0 Å². The molecule has 0 fully saturated rings. The number of thiazole rings is 1. The van der Waals surface area contributed by atoms with E-state index in [9.17, 15) is 5.11 Å². The van der Waals surface area contributed by atoms with Crippen molar-refractivity contribution >= 4 is 38.9 Å². The Morgan fingerprint density at radius 3 is 2.80 bits per heavy atom. The van der Waals surface area contributed by atoms with Gasteiger partial charge in [-0.25, -0.2) is 4.98 Å². The Hall–Kier alpha value is -0.430. The molecule has 2 rings (SSSR count). The summed E-state index contributed by atoms with van der Waals surface area (Å²) in [7, 11) is 1.76. The predicted octanol–water partition coefficient (Wildman–Crippen LogP) is 2.37. The largest absolute Gasteiger partial charge is 0.379 e. The smallest absolute Gasteiger partial charge is 0.148 e. The van der Waals surface area contributed by atoms with E-state index in [1.54, 1.807) is 17.9 Å². The minimum atomic E-state index is -0.802. The van der Waals surface area contributed by atoms with Crippen molar-refractivity contribution in [2.45, 2.75) is 6.10 Å². The first kappa shape index (κ1) is 11.1. The van der Waals surface area contributed by atoms with Crippen LogP contribution in [0, 0.1) is 0 Å². The molecule has 1 N–H and O–H groups in total. The summed E-state index contributed by atoms with van der Waals surface area (Å²) < 4.78 is 2.91. The molecular weight excluding hydrogens is 302 g/mol. The highest BCUT2D eigenvalue weighted by Gasteiger charge is 2.20. The van der Waals surface area contributed by atoms with Gasteiger partial charge in [0.25, 0.3) is 0 Å². The summed E-state index contributed by atoms with van der Waals surface area (Å²) in [6.07, 6.45) is 2.35. The lowest BCUT2D eigenvalue weighted by molar-refractivity contribution is 0.208. The normalized spacial score (nSPS) is 13.1. The molecule has 0 radical (unpaired) electrons. The Morgan fingerprint density at radius 1 is 1.60 bits per heavy atom. The molecule has 0 aromatic carbocycles. The van der Waals surface area contributed by atoms with Gasteiger partial charge < -0.3 is 5.11 Å². The number of rotatable bonds is 2. The molecule has 1 atom stereocenters. The first-order chi connectivity index (χ1) is 7.09. The molecule has 0 saturated heterocycles. The maximum atomic E-state index is 10.1. The van der Waals surface area contributed by atoms with Crippen LogP contribution in [0.1, 0.15) is 16.8 Å². The number of nitrogens with zero attached hydrogens (tertiary/aromatic N) is 3. The highest BCUT2D eigenvalue weighted by Crippen LogP contribution is 2.31. The lowest BCUT2D eigenvalue weighted by Gasteiger charge is -2.08. The first-order valence-electron chi connectivity index (χ1n) is 4.06. The maximum Gasteiger partial charge on any atom is 0.148 e. The van der Waals surface area contributed by atoms with Crippen LogP contribution in [-0.2, 0) is 7.05 Å². The van der Waals surface area contributed by atoms with E-state index in [0.29, 0.717) is 15.0 Å². The maximum absolute atomic E-state index is 10.1. The highest BCUT2D eigenvalue weighted by molar-refractivity contribution is 9.10. The molecule has 0 bridgehead atoms. The molecule has 4 nitrogen and oxygen atoms in total. The molecule has 7 heteroatoms. The van der Waals surface area contributed by atoms with Crippen molar-refractivity contribution in [1.29, 1.82) is 0 Å². The minimum absolute atomic E-state index is 0.558. The summed E-state index contributed by atoms with van der Waals surface area (Å²) in [4.78, 5) is 4.03. The zero-order chi connectivity index (χ0) is 11.0. The molecule has 80 valence electrons. The van der Waals surface area contributed by atoms with Gasteiger partial charge in [0.15, 0.2) is 0 Å². The van der Waals surface area contributed by atoms with Gasteiger partial charge in [-0.1, -0.05) is 11.6 Å². The number of aliphatic hydroxyl groups is 1. The average molecular weight is 309 g/mol. The molecule has 2 aromatic rings. The summed E-state index contributed by atoms with van der Waals surface area (Å²) in [5, 5.41) is 14.6. The number of aliphatic hydroxyl groups excluding tert-OH is 1. The van der Waals surface area contributed by atoms with E-state index >= 15 is 0 Å².